The van der Waals surface area contributed by atoms with Crippen molar-refractivity contribution in [3.63, 3.8) is 0 Å². The van der Waals surface area contributed by atoms with Crippen LogP contribution in [-0.2, 0) is 4.79 Å². The minimum Gasteiger partial charge on any atom is -0.298 e. The Kier molecular flexibility index (Phi) is 4.22. The van der Waals surface area contributed by atoms with Gasteiger partial charge < -0.3 is 0 Å². The van der Waals surface area contributed by atoms with Gasteiger partial charge in [0.2, 0.25) is 0 Å². The summed E-state index contributed by atoms with van der Waals surface area (Å²) in [6, 6.07) is 11.5. The average Bonchev–Trinajstić information content (AvgIpc) is 2.82. The Bertz CT molecular complexity index is 857. The molecule has 1 N–H and O–H groups in total. The fraction of sp³-hybridized carbons (Fsp3) is 0.350. The zero-order chi connectivity index (χ0) is 17.2. The minimum atomic E-state index is -0.255. The molecule has 4 rings (SSSR count). The van der Waals surface area contributed by atoms with Crippen LogP contribution in [0.4, 0.5) is 5.69 Å². The molecule has 2 aromatic rings. The summed E-state index contributed by atoms with van der Waals surface area (Å²) < 4.78 is 0. The maximum Gasteiger partial charge on any atom is 0.260 e. The summed E-state index contributed by atoms with van der Waals surface area (Å²) in [6.45, 7) is -0.0105. The molecule has 0 aromatic heterocycles. The SMILES string of the molecule is O=C(CN1C(=O)c2cccc3cccc1c23)NN=C1CCCCCC1. The van der Waals surface area contributed by atoms with Gasteiger partial charge in [-0.2, -0.15) is 5.10 Å². The number of hydrogen-bond donors (Lipinski definition) is 1. The van der Waals surface area contributed by atoms with E-state index in [0.717, 1.165) is 47.9 Å². The highest BCUT2D eigenvalue weighted by atomic mass is 16.2. The van der Waals surface area contributed by atoms with Crippen LogP contribution in [0.15, 0.2) is 41.5 Å². The van der Waals surface area contributed by atoms with Gasteiger partial charge in [-0.3, -0.25) is 14.5 Å². The Hall–Kier alpha value is -2.69. The van der Waals surface area contributed by atoms with E-state index in [-0.39, 0.29) is 18.4 Å². The third-order valence-corrected chi connectivity index (χ3v) is 4.97. The Labute approximate surface area is 146 Å². The number of nitrogens with zero attached hydrogens (tertiary/aromatic N) is 2. The third kappa shape index (κ3) is 3.02. The van der Waals surface area contributed by atoms with Crippen molar-refractivity contribution in [2.24, 2.45) is 5.10 Å². The highest BCUT2D eigenvalue weighted by Crippen LogP contribution is 2.36. The molecule has 1 aliphatic carbocycles. The maximum atomic E-state index is 12.7. The fourth-order valence-corrected chi connectivity index (χ4v) is 3.70. The predicted octanol–water partition coefficient (Wildman–Crippen LogP) is 3.63. The quantitative estimate of drug-likeness (QED) is 0.688. The van der Waals surface area contributed by atoms with Gasteiger partial charge in [0, 0.05) is 16.7 Å². The highest BCUT2D eigenvalue weighted by Gasteiger charge is 2.30. The molecular formula is C20H21N3O2. The average molecular weight is 335 g/mol. The van der Waals surface area contributed by atoms with E-state index in [1.165, 1.54) is 12.8 Å². The second-order valence-electron chi connectivity index (χ2n) is 6.70. The van der Waals surface area contributed by atoms with E-state index in [1.807, 2.05) is 36.4 Å². The molecule has 1 saturated carbocycles. The zero-order valence-electron chi connectivity index (χ0n) is 14.1. The van der Waals surface area contributed by atoms with Gasteiger partial charge in [-0.1, -0.05) is 37.1 Å². The van der Waals surface area contributed by atoms with E-state index in [4.69, 9.17) is 0 Å². The largest absolute Gasteiger partial charge is 0.298 e. The fourth-order valence-electron chi connectivity index (χ4n) is 3.70. The lowest BCUT2D eigenvalue weighted by molar-refractivity contribution is -0.119. The van der Waals surface area contributed by atoms with Gasteiger partial charge in [-0.15, -0.1) is 0 Å². The van der Waals surface area contributed by atoms with Crippen LogP contribution in [0.2, 0.25) is 0 Å². The smallest absolute Gasteiger partial charge is 0.260 e. The van der Waals surface area contributed by atoms with Gasteiger partial charge in [-0.05, 0) is 43.2 Å². The van der Waals surface area contributed by atoms with Crippen molar-refractivity contribution in [3.05, 3.63) is 42.0 Å². The second kappa shape index (κ2) is 6.67. The molecule has 2 aromatic carbocycles. The van der Waals surface area contributed by atoms with Crippen molar-refractivity contribution >= 4 is 34.0 Å². The second-order valence-corrected chi connectivity index (χ2v) is 6.70. The Morgan fingerprint density at radius 2 is 1.76 bits per heavy atom. The molecule has 0 saturated heterocycles. The van der Waals surface area contributed by atoms with Gasteiger partial charge >= 0.3 is 0 Å². The van der Waals surface area contributed by atoms with Crippen LogP contribution in [0.1, 0.15) is 48.9 Å². The first-order chi connectivity index (χ1) is 12.2. The minimum absolute atomic E-state index is 0.0105. The van der Waals surface area contributed by atoms with Gasteiger partial charge in [0.25, 0.3) is 11.8 Å². The Morgan fingerprint density at radius 1 is 1.04 bits per heavy atom. The van der Waals surface area contributed by atoms with Gasteiger partial charge in [0.1, 0.15) is 6.54 Å². The molecule has 5 heteroatoms. The lowest BCUT2D eigenvalue weighted by atomic mass is 10.1. The van der Waals surface area contributed by atoms with Gasteiger partial charge in [0.05, 0.1) is 5.69 Å². The molecule has 0 atom stereocenters. The molecule has 0 unspecified atom stereocenters. The van der Waals surface area contributed by atoms with Crippen molar-refractivity contribution in [3.8, 4) is 0 Å². The molecule has 128 valence electrons. The molecule has 1 aliphatic heterocycles. The Morgan fingerprint density at radius 3 is 2.52 bits per heavy atom. The monoisotopic (exact) mass is 335 g/mol. The lowest BCUT2D eigenvalue weighted by Crippen LogP contribution is -2.37. The van der Waals surface area contributed by atoms with E-state index < -0.39 is 0 Å². The molecular weight excluding hydrogens is 314 g/mol. The number of hydrazone groups is 1. The van der Waals surface area contributed by atoms with Crippen LogP contribution < -0.4 is 10.3 Å². The number of carbonyl (C=O) groups is 2. The predicted molar refractivity (Wildman–Crippen MR) is 98.9 cm³/mol. The molecule has 2 amide bonds. The first-order valence-electron chi connectivity index (χ1n) is 8.92. The summed E-state index contributed by atoms with van der Waals surface area (Å²) in [5, 5.41) is 6.23. The van der Waals surface area contributed by atoms with Crippen LogP contribution in [0.25, 0.3) is 10.8 Å². The Balaban J connectivity index is 1.50. The van der Waals surface area contributed by atoms with Crippen LogP contribution in [-0.4, -0.2) is 24.1 Å². The normalized spacial score (nSPS) is 16.9. The van der Waals surface area contributed by atoms with E-state index in [1.54, 1.807) is 4.90 Å². The number of anilines is 1. The molecule has 2 aliphatic rings. The summed E-state index contributed by atoms with van der Waals surface area (Å²) in [5.41, 5.74) is 5.17. The lowest BCUT2D eigenvalue weighted by Gasteiger charge is -2.16. The first-order valence-corrected chi connectivity index (χ1v) is 8.92. The molecule has 1 heterocycles. The summed E-state index contributed by atoms with van der Waals surface area (Å²) in [7, 11) is 0. The summed E-state index contributed by atoms with van der Waals surface area (Å²) in [4.78, 5) is 26.5. The molecule has 0 bridgehead atoms. The number of amides is 2. The van der Waals surface area contributed by atoms with Crippen molar-refractivity contribution in [1.29, 1.82) is 0 Å². The number of rotatable bonds is 3. The van der Waals surface area contributed by atoms with Crippen LogP contribution >= 0.6 is 0 Å². The first kappa shape index (κ1) is 15.8. The number of carbonyl (C=O) groups excluding carboxylic acids is 2. The van der Waals surface area contributed by atoms with Crippen molar-refractivity contribution in [1.82, 2.24) is 5.43 Å². The van der Waals surface area contributed by atoms with Crippen molar-refractivity contribution < 1.29 is 9.59 Å². The van der Waals surface area contributed by atoms with Crippen LogP contribution in [0.5, 0.6) is 0 Å². The standard InChI is InChI=1S/C20H21N3O2/c24-18(22-21-15-9-3-1-2-4-10-15)13-23-17-12-6-8-14-7-5-11-16(19(14)17)20(23)25/h5-8,11-12H,1-4,9-10,13H2,(H,22,24). The van der Waals surface area contributed by atoms with E-state index in [9.17, 15) is 9.59 Å². The zero-order valence-corrected chi connectivity index (χ0v) is 14.1. The molecule has 1 fully saturated rings. The van der Waals surface area contributed by atoms with Crippen molar-refractivity contribution in [2.75, 3.05) is 11.4 Å². The highest BCUT2D eigenvalue weighted by molar-refractivity contribution is 6.26. The molecule has 0 radical (unpaired) electrons. The molecule has 5 nitrogen and oxygen atoms in total. The summed E-state index contributed by atoms with van der Waals surface area (Å²) in [6.07, 6.45) is 6.64. The number of hydrogen-bond acceptors (Lipinski definition) is 3. The molecule has 25 heavy (non-hydrogen) atoms. The topological polar surface area (TPSA) is 61.8 Å². The number of benzene rings is 2. The van der Waals surface area contributed by atoms with E-state index in [0.29, 0.717) is 5.56 Å². The third-order valence-electron chi connectivity index (χ3n) is 4.97. The maximum absolute atomic E-state index is 12.7. The molecule has 0 spiro atoms. The van der Waals surface area contributed by atoms with Crippen LogP contribution in [0, 0.1) is 0 Å². The van der Waals surface area contributed by atoms with Gasteiger partial charge in [-0.25, -0.2) is 5.43 Å². The summed E-state index contributed by atoms with van der Waals surface area (Å²) in [5.74, 6) is -0.376. The van der Waals surface area contributed by atoms with Gasteiger partial charge in [0.15, 0.2) is 0 Å². The van der Waals surface area contributed by atoms with E-state index in [2.05, 4.69) is 10.5 Å². The van der Waals surface area contributed by atoms with Crippen LogP contribution in [0.3, 0.4) is 0 Å². The summed E-state index contributed by atoms with van der Waals surface area (Å²) >= 11 is 0. The van der Waals surface area contributed by atoms with E-state index >= 15 is 0 Å². The number of nitrogens with one attached hydrogen (secondary N) is 1. The van der Waals surface area contributed by atoms with Crippen molar-refractivity contribution in [2.45, 2.75) is 38.5 Å².